The van der Waals surface area contributed by atoms with Gasteiger partial charge in [-0.3, -0.25) is 0 Å². The van der Waals surface area contributed by atoms with E-state index in [0.29, 0.717) is 13.2 Å². The number of para-hydroxylation sites is 2. The van der Waals surface area contributed by atoms with Crippen LogP contribution in [0.1, 0.15) is 75.2 Å². The molecule has 0 spiro atoms. The molecule has 4 nitrogen and oxygen atoms in total. The Balaban J connectivity index is 1.52. The third-order valence-corrected chi connectivity index (χ3v) is 7.51. The van der Waals surface area contributed by atoms with Crippen LogP contribution in [0.4, 0.5) is 0 Å². The third-order valence-electron chi connectivity index (χ3n) is 7.51. The summed E-state index contributed by atoms with van der Waals surface area (Å²) in [6.07, 6.45) is 10.8. The number of nitrogens with zero attached hydrogens (tertiary/aromatic N) is 2. The molecule has 4 rings (SSSR count). The standard InChI is InChI=1S/C33H43N2O2/c1-3-4-5-6-7-8-9-18-25-37-27-35-31-24-17-16-23-30(31)34(2)32(35)26-33(36,28-19-12-10-13-20-28)29-21-14-11-15-22-29/h10-17,19-24,36H,3-9,18,25-27H2,1-2H3/q+1. The van der Waals surface area contributed by atoms with Gasteiger partial charge in [-0.25, -0.2) is 9.13 Å². The van der Waals surface area contributed by atoms with Crippen molar-refractivity contribution in [3.63, 3.8) is 0 Å². The topological polar surface area (TPSA) is 38.3 Å². The van der Waals surface area contributed by atoms with E-state index in [1.165, 1.54) is 44.9 Å². The molecule has 0 unspecified atom stereocenters. The van der Waals surface area contributed by atoms with Crippen LogP contribution in [0.5, 0.6) is 0 Å². The highest BCUT2D eigenvalue weighted by Gasteiger charge is 2.37. The summed E-state index contributed by atoms with van der Waals surface area (Å²) in [7, 11) is 2.09. The normalized spacial score (nSPS) is 11.9. The van der Waals surface area contributed by atoms with Gasteiger partial charge in [0.25, 0.3) is 5.82 Å². The molecule has 0 aliphatic heterocycles. The van der Waals surface area contributed by atoms with Gasteiger partial charge in [-0.05, 0) is 29.7 Å². The zero-order valence-electron chi connectivity index (χ0n) is 22.6. The fourth-order valence-corrected chi connectivity index (χ4v) is 5.31. The number of aryl methyl sites for hydroxylation is 1. The monoisotopic (exact) mass is 499 g/mol. The Labute approximate surface area is 222 Å². The van der Waals surface area contributed by atoms with Crippen molar-refractivity contribution in [2.75, 3.05) is 6.61 Å². The molecule has 0 radical (unpaired) electrons. The number of ether oxygens (including phenoxy) is 1. The summed E-state index contributed by atoms with van der Waals surface area (Å²) in [5.41, 5.74) is 2.87. The van der Waals surface area contributed by atoms with E-state index in [0.717, 1.165) is 41.0 Å². The zero-order chi connectivity index (χ0) is 25.9. The average molecular weight is 500 g/mol. The quantitative estimate of drug-likeness (QED) is 0.140. The summed E-state index contributed by atoms with van der Waals surface area (Å²) in [5.74, 6) is 1.03. The maximum atomic E-state index is 12.3. The minimum atomic E-state index is -1.16. The molecule has 0 saturated carbocycles. The van der Waals surface area contributed by atoms with Gasteiger partial charge in [0.05, 0.1) is 20.1 Å². The number of hydrogen-bond acceptors (Lipinski definition) is 2. The highest BCUT2D eigenvalue weighted by molar-refractivity contribution is 5.72. The first-order valence-electron chi connectivity index (χ1n) is 14.0. The SMILES string of the molecule is CCCCCCCCCCOCn1c(CC(O)(c2ccccc2)c2ccccc2)[n+](C)c2ccccc21. The Morgan fingerprint density at radius 2 is 1.27 bits per heavy atom. The van der Waals surface area contributed by atoms with Gasteiger partial charge in [0.2, 0.25) is 0 Å². The van der Waals surface area contributed by atoms with Crippen LogP contribution in [-0.2, 0) is 30.5 Å². The van der Waals surface area contributed by atoms with Crippen molar-refractivity contribution in [3.8, 4) is 0 Å². The number of aliphatic hydroxyl groups is 1. The second-order valence-corrected chi connectivity index (χ2v) is 10.2. The molecule has 0 fully saturated rings. The van der Waals surface area contributed by atoms with E-state index in [2.05, 4.69) is 47.4 Å². The van der Waals surface area contributed by atoms with Gasteiger partial charge in [0, 0.05) is 0 Å². The molecule has 0 saturated heterocycles. The van der Waals surface area contributed by atoms with Gasteiger partial charge in [0.15, 0.2) is 17.8 Å². The molecule has 1 N–H and O–H groups in total. The molecule has 4 heteroatoms. The van der Waals surface area contributed by atoms with Crippen LogP contribution >= 0.6 is 0 Å². The van der Waals surface area contributed by atoms with Crippen molar-refractivity contribution in [3.05, 3.63) is 102 Å². The summed E-state index contributed by atoms with van der Waals surface area (Å²) in [6, 6.07) is 28.4. The summed E-state index contributed by atoms with van der Waals surface area (Å²) in [5, 5.41) is 12.3. The molecular weight excluding hydrogens is 456 g/mol. The van der Waals surface area contributed by atoms with Crippen LogP contribution < -0.4 is 4.57 Å². The average Bonchev–Trinajstić information content (AvgIpc) is 3.21. The van der Waals surface area contributed by atoms with Gasteiger partial charge < -0.3 is 9.84 Å². The number of benzene rings is 3. The third kappa shape index (κ3) is 6.68. The number of aromatic nitrogens is 2. The van der Waals surface area contributed by atoms with Crippen molar-refractivity contribution in [2.45, 2.75) is 77.0 Å². The van der Waals surface area contributed by atoms with Crippen LogP contribution in [0.2, 0.25) is 0 Å². The number of imidazole rings is 1. The van der Waals surface area contributed by atoms with Crippen molar-refractivity contribution in [2.24, 2.45) is 7.05 Å². The fourth-order valence-electron chi connectivity index (χ4n) is 5.31. The first-order valence-corrected chi connectivity index (χ1v) is 14.0. The Kier molecular flexibility index (Phi) is 9.92. The fraction of sp³-hybridized carbons (Fsp3) is 0.424. The van der Waals surface area contributed by atoms with Crippen molar-refractivity contribution in [1.82, 2.24) is 4.57 Å². The minimum Gasteiger partial charge on any atom is -0.380 e. The van der Waals surface area contributed by atoms with Crippen LogP contribution in [0.3, 0.4) is 0 Å². The van der Waals surface area contributed by atoms with Gasteiger partial charge in [-0.15, -0.1) is 0 Å². The summed E-state index contributed by atoms with van der Waals surface area (Å²) >= 11 is 0. The van der Waals surface area contributed by atoms with E-state index in [1.807, 2.05) is 60.7 Å². The summed E-state index contributed by atoms with van der Waals surface area (Å²) < 4.78 is 10.7. The first kappa shape index (κ1) is 27.1. The molecule has 1 aromatic heterocycles. The molecule has 37 heavy (non-hydrogen) atoms. The largest absolute Gasteiger partial charge is 0.380 e. The van der Waals surface area contributed by atoms with E-state index in [9.17, 15) is 5.11 Å². The predicted octanol–water partition coefficient (Wildman–Crippen LogP) is 7.06. The van der Waals surface area contributed by atoms with E-state index < -0.39 is 5.60 Å². The molecule has 4 aromatic rings. The molecule has 0 bridgehead atoms. The Morgan fingerprint density at radius 1 is 0.730 bits per heavy atom. The van der Waals surface area contributed by atoms with Gasteiger partial charge in [-0.2, -0.15) is 0 Å². The predicted molar refractivity (Wildman–Crippen MR) is 151 cm³/mol. The molecule has 3 aromatic carbocycles. The van der Waals surface area contributed by atoms with Crippen molar-refractivity contribution >= 4 is 11.0 Å². The summed E-state index contributed by atoms with van der Waals surface area (Å²) in [6.45, 7) is 3.50. The molecule has 0 aliphatic rings. The maximum Gasteiger partial charge on any atom is 0.262 e. The van der Waals surface area contributed by atoms with Crippen LogP contribution in [0.25, 0.3) is 11.0 Å². The first-order chi connectivity index (χ1) is 18.1. The number of fused-ring (bicyclic) bond motifs is 1. The Hall–Kier alpha value is -2.95. The highest BCUT2D eigenvalue weighted by atomic mass is 16.5. The smallest absolute Gasteiger partial charge is 0.262 e. The van der Waals surface area contributed by atoms with E-state index >= 15 is 0 Å². The van der Waals surface area contributed by atoms with Gasteiger partial charge in [0.1, 0.15) is 5.60 Å². The molecule has 1 heterocycles. The lowest BCUT2D eigenvalue weighted by molar-refractivity contribution is -0.655. The Morgan fingerprint density at radius 3 is 1.89 bits per heavy atom. The number of unbranched alkanes of at least 4 members (excludes halogenated alkanes) is 7. The van der Waals surface area contributed by atoms with E-state index in [4.69, 9.17) is 4.74 Å². The zero-order valence-corrected chi connectivity index (χ0v) is 22.6. The van der Waals surface area contributed by atoms with E-state index in [1.54, 1.807) is 0 Å². The lowest BCUT2D eigenvalue weighted by atomic mass is 9.83. The van der Waals surface area contributed by atoms with Gasteiger partial charge in [-0.1, -0.05) is 125 Å². The van der Waals surface area contributed by atoms with Crippen molar-refractivity contribution in [1.29, 1.82) is 0 Å². The van der Waals surface area contributed by atoms with E-state index in [-0.39, 0.29) is 0 Å². The molecule has 196 valence electrons. The van der Waals surface area contributed by atoms with Crippen LogP contribution in [0.15, 0.2) is 84.9 Å². The Bertz CT molecular complexity index is 1180. The lowest BCUT2D eigenvalue weighted by Crippen LogP contribution is -2.40. The number of hydrogen-bond donors (Lipinski definition) is 1. The number of rotatable bonds is 15. The van der Waals surface area contributed by atoms with Gasteiger partial charge >= 0.3 is 0 Å². The molecule has 0 amide bonds. The molecule has 0 atom stereocenters. The second kappa shape index (κ2) is 13.6. The lowest BCUT2D eigenvalue weighted by Gasteiger charge is -2.28. The van der Waals surface area contributed by atoms with Crippen LogP contribution in [-0.4, -0.2) is 16.3 Å². The highest BCUT2D eigenvalue weighted by Crippen LogP contribution is 2.33. The molecular formula is C33H43N2O2+. The summed E-state index contributed by atoms with van der Waals surface area (Å²) in [4.78, 5) is 0. The molecule has 0 aliphatic carbocycles. The minimum absolute atomic E-state index is 0.438. The second-order valence-electron chi connectivity index (χ2n) is 10.2. The maximum absolute atomic E-state index is 12.3. The van der Waals surface area contributed by atoms with Crippen molar-refractivity contribution < 1.29 is 14.4 Å². The van der Waals surface area contributed by atoms with Crippen LogP contribution in [0, 0.1) is 0 Å².